The van der Waals surface area contributed by atoms with E-state index in [1.165, 1.54) is 0 Å². The van der Waals surface area contributed by atoms with Gasteiger partial charge in [0.15, 0.2) is 11.4 Å². The Labute approximate surface area is 160 Å². The van der Waals surface area contributed by atoms with Crippen molar-refractivity contribution in [3.63, 3.8) is 0 Å². The molecule has 0 saturated carbocycles. The van der Waals surface area contributed by atoms with E-state index >= 15 is 0 Å². The fourth-order valence-electron chi connectivity index (χ4n) is 4.98. The number of rotatable bonds is 7. The molecule has 2 aliphatic rings. The van der Waals surface area contributed by atoms with Gasteiger partial charge in [0.05, 0.1) is 13.2 Å². The van der Waals surface area contributed by atoms with Crippen LogP contribution in [0.5, 0.6) is 0 Å². The second-order valence-corrected chi connectivity index (χ2v) is 14.8. The van der Waals surface area contributed by atoms with Gasteiger partial charge in [0.25, 0.3) is 0 Å². The smallest absolute Gasteiger partial charge is 0.306 e. The molecular formula is C20H38O5Si. The lowest BCUT2D eigenvalue weighted by Gasteiger charge is -2.47. The van der Waals surface area contributed by atoms with Crippen molar-refractivity contribution in [2.75, 3.05) is 13.2 Å². The van der Waals surface area contributed by atoms with E-state index in [4.69, 9.17) is 18.6 Å². The van der Waals surface area contributed by atoms with Gasteiger partial charge in [-0.15, -0.1) is 0 Å². The van der Waals surface area contributed by atoms with Crippen LogP contribution >= 0.6 is 0 Å². The third kappa shape index (κ3) is 4.18. The Morgan fingerprint density at radius 2 is 1.69 bits per heavy atom. The molecular weight excluding hydrogens is 348 g/mol. The molecule has 0 bridgehead atoms. The summed E-state index contributed by atoms with van der Waals surface area (Å²) >= 11 is 0. The van der Waals surface area contributed by atoms with Crippen LogP contribution in [0.2, 0.25) is 16.6 Å². The third-order valence-electron chi connectivity index (χ3n) is 6.17. The predicted molar refractivity (Wildman–Crippen MR) is 105 cm³/mol. The van der Waals surface area contributed by atoms with Crippen LogP contribution in [0.15, 0.2) is 0 Å². The number of carbonyl (C=O) groups excluding carboxylic acids is 1. The van der Waals surface area contributed by atoms with E-state index < -0.39 is 19.7 Å². The van der Waals surface area contributed by atoms with E-state index in [0.717, 1.165) is 12.8 Å². The van der Waals surface area contributed by atoms with Gasteiger partial charge in [-0.25, -0.2) is 0 Å². The van der Waals surface area contributed by atoms with Crippen LogP contribution in [0.25, 0.3) is 0 Å². The SMILES string of the molecule is CC(C)[Si](OC[C@@]1([C@@H]2COC(C)(C)O2)CCCC(=O)O1)(C(C)C)C(C)C. The van der Waals surface area contributed by atoms with Gasteiger partial charge in [0.1, 0.15) is 6.10 Å². The maximum atomic E-state index is 12.2. The molecule has 0 aromatic rings. The van der Waals surface area contributed by atoms with Crippen molar-refractivity contribution in [3.05, 3.63) is 0 Å². The Kier molecular flexibility index (Phi) is 6.64. The molecule has 6 heteroatoms. The van der Waals surface area contributed by atoms with Crippen molar-refractivity contribution in [1.29, 1.82) is 0 Å². The second kappa shape index (κ2) is 7.90. The largest absolute Gasteiger partial charge is 0.454 e. The number of hydrogen-bond acceptors (Lipinski definition) is 5. The van der Waals surface area contributed by atoms with Crippen molar-refractivity contribution >= 4 is 14.3 Å². The molecule has 2 fully saturated rings. The minimum Gasteiger partial charge on any atom is -0.454 e. The molecule has 2 aliphatic heterocycles. The van der Waals surface area contributed by atoms with Crippen LogP contribution in [0, 0.1) is 0 Å². The van der Waals surface area contributed by atoms with Crippen molar-refractivity contribution in [2.24, 2.45) is 0 Å². The van der Waals surface area contributed by atoms with Gasteiger partial charge in [-0.3, -0.25) is 4.79 Å². The van der Waals surface area contributed by atoms with Crippen LogP contribution in [-0.2, 0) is 23.4 Å². The van der Waals surface area contributed by atoms with Gasteiger partial charge < -0.3 is 18.6 Å². The normalized spacial score (nSPS) is 29.7. The summed E-state index contributed by atoms with van der Waals surface area (Å²) in [5.41, 5.74) is 0.711. The van der Waals surface area contributed by atoms with Crippen LogP contribution in [0.3, 0.4) is 0 Å². The highest BCUT2D eigenvalue weighted by Gasteiger charge is 2.54. The quantitative estimate of drug-likeness (QED) is 0.465. The summed E-state index contributed by atoms with van der Waals surface area (Å²) < 4.78 is 24.7. The van der Waals surface area contributed by atoms with Gasteiger partial charge >= 0.3 is 5.97 Å². The topological polar surface area (TPSA) is 54.0 Å². The van der Waals surface area contributed by atoms with Gasteiger partial charge in [0, 0.05) is 6.42 Å². The fraction of sp³-hybridized carbons (Fsp3) is 0.950. The average Bonchev–Trinajstić information content (AvgIpc) is 2.87. The van der Waals surface area contributed by atoms with Gasteiger partial charge in [-0.1, -0.05) is 41.5 Å². The lowest BCUT2D eigenvalue weighted by atomic mass is 9.89. The highest BCUT2D eigenvalue weighted by molar-refractivity contribution is 6.77. The summed E-state index contributed by atoms with van der Waals surface area (Å²) in [6, 6.07) is 0. The van der Waals surface area contributed by atoms with Crippen LogP contribution in [-0.4, -0.2) is 45.0 Å². The minimum atomic E-state index is -2.05. The molecule has 2 heterocycles. The lowest BCUT2D eigenvalue weighted by molar-refractivity contribution is -0.208. The van der Waals surface area contributed by atoms with E-state index in [-0.39, 0.29) is 12.1 Å². The number of ether oxygens (including phenoxy) is 3. The zero-order chi connectivity index (χ0) is 19.8. The first-order chi connectivity index (χ1) is 12.0. The Morgan fingerprint density at radius 3 is 2.12 bits per heavy atom. The summed E-state index contributed by atoms with van der Waals surface area (Å²) in [5, 5.41) is 0. The zero-order valence-electron chi connectivity index (χ0n) is 17.9. The number of carbonyl (C=O) groups is 1. The number of hydrogen-bond donors (Lipinski definition) is 0. The second-order valence-electron chi connectivity index (χ2n) is 9.32. The Morgan fingerprint density at radius 1 is 1.12 bits per heavy atom. The first-order valence-corrected chi connectivity index (χ1v) is 12.3. The molecule has 0 radical (unpaired) electrons. The Hall–Kier alpha value is -0.433. The maximum Gasteiger partial charge on any atom is 0.306 e. The van der Waals surface area contributed by atoms with E-state index in [0.29, 0.717) is 36.3 Å². The summed E-state index contributed by atoms with van der Waals surface area (Å²) in [7, 11) is -2.05. The number of cyclic esters (lactones) is 1. The van der Waals surface area contributed by atoms with Crippen LogP contribution in [0.4, 0.5) is 0 Å². The number of esters is 1. The fourth-order valence-corrected chi connectivity index (χ4v) is 10.5. The molecule has 0 amide bonds. The zero-order valence-corrected chi connectivity index (χ0v) is 18.9. The standard InChI is InChI=1S/C20H38O5Si/c1-14(2)26(15(3)4,16(5)6)23-13-20(11-9-10-18(21)25-20)17-12-22-19(7,8)24-17/h14-17H,9-13H2,1-8H3/t17-,20+/m0/s1. The highest BCUT2D eigenvalue weighted by atomic mass is 28.4. The van der Waals surface area contributed by atoms with E-state index in [2.05, 4.69) is 41.5 Å². The molecule has 152 valence electrons. The predicted octanol–water partition coefficient (Wildman–Crippen LogP) is 4.80. The molecule has 2 saturated heterocycles. The highest BCUT2D eigenvalue weighted by Crippen LogP contribution is 2.45. The lowest BCUT2D eigenvalue weighted by Crippen LogP contribution is -2.58. The van der Waals surface area contributed by atoms with E-state index in [1.807, 2.05) is 13.8 Å². The maximum absolute atomic E-state index is 12.2. The Bertz CT molecular complexity index is 481. The van der Waals surface area contributed by atoms with E-state index in [9.17, 15) is 4.79 Å². The summed E-state index contributed by atoms with van der Waals surface area (Å²) in [6.45, 7) is 18.3. The van der Waals surface area contributed by atoms with Crippen molar-refractivity contribution in [2.45, 2.75) is 109 Å². The molecule has 0 aliphatic carbocycles. The molecule has 26 heavy (non-hydrogen) atoms. The van der Waals surface area contributed by atoms with Crippen molar-refractivity contribution in [1.82, 2.24) is 0 Å². The molecule has 0 N–H and O–H groups in total. The molecule has 0 aromatic carbocycles. The third-order valence-corrected chi connectivity index (χ3v) is 12.2. The van der Waals surface area contributed by atoms with Crippen molar-refractivity contribution in [3.8, 4) is 0 Å². The molecule has 5 nitrogen and oxygen atoms in total. The van der Waals surface area contributed by atoms with Crippen LogP contribution < -0.4 is 0 Å². The van der Waals surface area contributed by atoms with Crippen molar-refractivity contribution < 1.29 is 23.4 Å². The molecule has 0 spiro atoms. The summed E-state index contributed by atoms with van der Waals surface area (Å²) in [4.78, 5) is 12.2. The van der Waals surface area contributed by atoms with Gasteiger partial charge in [0.2, 0.25) is 8.32 Å². The average molecular weight is 387 g/mol. The first-order valence-electron chi connectivity index (χ1n) is 10.1. The van der Waals surface area contributed by atoms with E-state index in [1.54, 1.807) is 0 Å². The van der Waals surface area contributed by atoms with Gasteiger partial charge in [-0.05, 0) is 43.3 Å². The molecule has 2 rings (SSSR count). The summed E-state index contributed by atoms with van der Waals surface area (Å²) in [6.07, 6.45) is 1.77. The Balaban J connectivity index is 2.28. The molecule has 2 atom stereocenters. The first kappa shape index (κ1) is 21.9. The minimum absolute atomic E-state index is 0.154. The molecule has 0 unspecified atom stereocenters. The van der Waals surface area contributed by atoms with Crippen LogP contribution in [0.1, 0.15) is 74.7 Å². The monoisotopic (exact) mass is 386 g/mol. The summed E-state index contributed by atoms with van der Waals surface area (Å²) in [5.74, 6) is -0.802. The van der Waals surface area contributed by atoms with Gasteiger partial charge in [-0.2, -0.15) is 0 Å². The molecule has 0 aromatic heterocycles.